The van der Waals surface area contributed by atoms with E-state index in [0.29, 0.717) is 17.5 Å². The number of hydrogen-bond donors (Lipinski definition) is 3. The summed E-state index contributed by atoms with van der Waals surface area (Å²) < 4.78 is 14.0. The van der Waals surface area contributed by atoms with Gasteiger partial charge in [-0.05, 0) is 65.5 Å². The SMILES string of the molecule is CC(C)(C)c1ccc(-c2cc(F)ccc2C(=O)NCC[C@@]2(C3CC3)NC(=O)NC2=O)cc1. The van der Waals surface area contributed by atoms with Gasteiger partial charge in [-0.3, -0.25) is 14.9 Å². The Morgan fingerprint density at radius 3 is 2.38 bits per heavy atom. The van der Waals surface area contributed by atoms with Gasteiger partial charge in [0.05, 0.1) is 0 Å². The second-order valence-corrected chi connectivity index (χ2v) is 9.68. The highest BCUT2D eigenvalue weighted by molar-refractivity contribution is 6.07. The van der Waals surface area contributed by atoms with Gasteiger partial charge in [0.25, 0.3) is 11.8 Å². The van der Waals surface area contributed by atoms with Crippen molar-refractivity contribution in [3.05, 3.63) is 59.4 Å². The Labute approximate surface area is 187 Å². The van der Waals surface area contributed by atoms with Gasteiger partial charge in [-0.15, -0.1) is 0 Å². The molecule has 6 nitrogen and oxygen atoms in total. The first-order chi connectivity index (χ1) is 15.1. The maximum absolute atomic E-state index is 14.0. The molecule has 32 heavy (non-hydrogen) atoms. The quantitative estimate of drug-likeness (QED) is 0.599. The number of nitrogens with one attached hydrogen (secondary N) is 3. The van der Waals surface area contributed by atoms with Gasteiger partial charge in [0.2, 0.25) is 0 Å². The lowest BCUT2D eigenvalue weighted by molar-refractivity contribution is -0.124. The summed E-state index contributed by atoms with van der Waals surface area (Å²) >= 11 is 0. The first-order valence-corrected chi connectivity index (χ1v) is 10.9. The average Bonchev–Trinajstić information content (AvgIpc) is 3.54. The molecule has 1 saturated heterocycles. The average molecular weight is 438 g/mol. The smallest absolute Gasteiger partial charge is 0.322 e. The Hall–Kier alpha value is -3.22. The topological polar surface area (TPSA) is 87.3 Å². The van der Waals surface area contributed by atoms with Crippen molar-refractivity contribution in [2.24, 2.45) is 5.92 Å². The van der Waals surface area contributed by atoms with E-state index < -0.39 is 17.4 Å². The zero-order chi connectivity index (χ0) is 23.1. The van der Waals surface area contributed by atoms with Crippen molar-refractivity contribution in [2.75, 3.05) is 6.54 Å². The van der Waals surface area contributed by atoms with E-state index in [1.165, 1.54) is 18.2 Å². The van der Waals surface area contributed by atoms with Crippen LogP contribution in [0.15, 0.2) is 42.5 Å². The number of hydrogen-bond acceptors (Lipinski definition) is 3. The molecular formula is C25H28FN3O3. The second kappa shape index (κ2) is 8.04. The molecule has 0 bridgehead atoms. The molecule has 7 heteroatoms. The third kappa shape index (κ3) is 4.24. The van der Waals surface area contributed by atoms with Crippen LogP contribution in [-0.2, 0) is 10.2 Å². The fourth-order valence-corrected chi connectivity index (χ4v) is 4.32. The van der Waals surface area contributed by atoms with Crippen LogP contribution in [-0.4, -0.2) is 29.9 Å². The van der Waals surface area contributed by atoms with Crippen LogP contribution in [0, 0.1) is 11.7 Å². The number of imide groups is 1. The maximum Gasteiger partial charge on any atom is 0.322 e. The summed E-state index contributed by atoms with van der Waals surface area (Å²) in [5.74, 6) is -1.01. The van der Waals surface area contributed by atoms with Crippen molar-refractivity contribution in [1.82, 2.24) is 16.0 Å². The van der Waals surface area contributed by atoms with E-state index in [4.69, 9.17) is 0 Å². The molecule has 4 amide bonds. The zero-order valence-electron chi connectivity index (χ0n) is 18.5. The molecule has 1 aliphatic heterocycles. The summed E-state index contributed by atoms with van der Waals surface area (Å²) in [6.07, 6.45) is 2.04. The minimum atomic E-state index is -0.960. The minimum Gasteiger partial charge on any atom is -0.352 e. The number of benzene rings is 2. The molecule has 2 aliphatic rings. The summed E-state index contributed by atoms with van der Waals surface area (Å²) in [7, 11) is 0. The molecule has 168 valence electrons. The van der Waals surface area contributed by atoms with E-state index in [1.807, 2.05) is 24.3 Å². The minimum absolute atomic E-state index is 0.0138. The van der Waals surface area contributed by atoms with Crippen molar-refractivity contribution in [2.45, 2.75) is 51.0 Å². The van der Waals surface area contributed by atoms with Gasteiger partial charge in [0.1, 0.15) is 11.4 Å². The highest BCUT2D eigenvalue weighted by Gasteiger charge is 2.55. The van der Waals surface area contributed by atoms with Crippen LogP contribution in [0.3, 0.4) is 0 Å². The predicted octanol–water partition coefficient (Wildman–Crippen LogP) is 3.90. The van der Waals surface area contributed by atoms with E-state index in [2.05, 4.69) is 36.7 Å². The highest BCUT2D eigenvalue weighted by Crippen LogP contribution is 2.43. The van der Waals surface area contributed by atoms with Crippen LogP contribution in [0.4, 0.5) is 9.18 Å². The molecule has 0 radical (unpaired) electrons. The van der Waals surface area contributed by atoms with Crippen LogP contribution in [0.25, 0.3) is 11.1 Å². The molecule has 0 spiro atoms. The van der Waals surface area contributed by atoms with Crippen LogP contribution in [0.5, 0.6) is 0 Å². The van der Waals surface area contributed by atoms with E-state index in [9.17, 15) is 18.8 Å². The Morgan fingerprint density at radius 1 is 1.12 bits per heavy atom. The number of rotatable bonds is 6. The van der Waals surface area contributed by atoms with Crippen molar-refractivity contribution >= 4 is 17.8 Å². The Bertz CT molecular complexity index is 1070. The first kappa shape index (κ1) is 22.0. The summed E-state index contributed by atoms with van der Waals surface area (Å²) in [6.45, 7) is 6.56. The molecule has 1 atom stereocenters. The van der Waals surface area contributed by atoms with Gasteiger partial charge in [0, 0.05) is 12.1 Å². The van der Waals surface area contributed by atoms with Gasteiger partial charge in [-0.25, -0.2) is 9.18 Å². The van der Waals surface area contributed by atoms with E-state index in [0.717, 1.165) is 24.0 Å². The molecule has 1 aliphatic carbocycles. The lowest BCUT2D eigenvalue weighted by atomic mass is 9.86. The molecule has 3 N–H and O–H groups in total. The van der Waals surface area contributed by atoms with Crippen LogP contribution in [0.2, 0.25) is 0 Å². The second-order valence-electron chi connectivity index (χ2n) is 9.68. The van der Waals surface area contributed by atoms with Crippen LogP contribution >= 0.6 is 0 Å². The fourth-order valence-electron chi connectivity index (χ4n) is 4.32. The molecule has 0 unspecified atom stereocenters. The van der Waals surface area contributed by atoms with Crippen LogP contribution < -0.4 is 16.0 Å². The van der Waals surface area contributed by atoms with Crippen LogP contribution in [0.1, 0.15) is 56.0 Å². The maximum atomic E-state index is 14.0. The molecule has 2 fully saturated rings. The zero-order valence-corrected chi connectivity index (χ0v) is 18.5. The number of carbonyl (C=O) groups excluding carboxylic acids is 3. The molecule has 2 aromatic carbocycles. The van der Waals surface area contributed by atoms with Crippen molar-refractivity contribution < 1.29 is 18.8 Å². The molecular weight excluding hydrogens is 409 g/mol. The van der Waals surface area contributed by atoms with E-state index in [-0.39, 0.29) is 29.7 Å². The number of carbonyl (C=O) groups is 3. The molecule has 2 aromatic rings. The summed E-state index contributed by atoms with van der Waals surface area (Å²) in [5.41, 5.74) is 1.78. The van der Waals surface area contributed by atoms with Gasteiger partial charge in [0.15, 0.2) is 0 Å². The van der Waals surface area contributed by atoms with E-state index >= 15 is 0 Å². The van der Waals surface area contributed by atoms with Gasteiger partial charge >= 0.3 is 6.03 Å². The van der Waals surface area contributed by atoms with Gasteiger partial charge < -0.3 is 10.6 Å². The van der Waals surface area contributed by atoms with Crippen molar-refractivity contribution in [1.29, 1.82) is 0 Å². The highest BCUT2D eigenvalue weighted by atomic mass is 19.1. The van der Waals surface area contributed by atoms with E-state index in [1.54, 1.807) is 0 Å². The van der Waals surface area contributed by atoms with Crippen molar-refractivity contribution in [3.63, 3.8) is 0 Å². The largest absolute Gasteiger partial charge is 0.352 e. The first-order valence-electron chi connectivity index (χ1n) is 10.9. The lowest BCUT2D eigenvalue weighted by Gasteiger charge is -2.26. The third-order valence-electron chi connectivity index (χ3n) is 6.34. The Balaban J connectivity index is 1.51. The Morgan fingerprint density at radius 2 is 1.81 bits per heavy atom. The standard InChI is InChI=1S/C25H28FN3O3/c1-24(2,3)16-6-4-15(5-7-16)20-14-18(26)10-11-19(20)21(30)27-13-12-25(17-8-9-17)22(31)28-23(32)29-25/h4-7,10-11,14,17H,8-9,12-13H2,1-3H3,(H,27,30)(H2,28,29,31,32)/t25-/m0/s1. The Kier molecular flexibility index (Phi) is 5.53. The summed E-state index contributed by atoms with van der Waals surface area (Å²) in [6, 6.07) is 11.4. The van der Waals surface area contributed by atoms with Gasteiger partial charge in [-0.1, -0.05) is 45.0 Å². The summed E-state index contributed by atoms with van der Waals surface area (Å²) in [4.78, 5) is 37.0. The lowest BCUT2D eigenvalue weighted by Crippen LogP contribution is -2.51. The normalized spacial score (nSPS) is 20.6. The number of urea groups is 1. The monoisotopic (exact) mass is 437 g/mol. The molecule has 1 heterocycles. The number of halogens is 1. The molecule has 1 saturated carbocycles. The summed E-state index contributed by atoms with van der Waals surface area (Å²) in [5, 5.41) is 7.90. The third-order valence-corrected chi connectivity index (χ3v) is 6.34. The fraction of sp³-hybridized carbons (Fsp3) is 0.400. The van der Waals surface area contributed by atoms with Crippen molar-refractivity contribution in [3.8, 4) is 11.1 Å². The molecule has 0 aromatic heterocycles. The molecule has 4 rings (SSSR count). The predicted molar refractivity (Wildman–Crippen MR) is 120 cm³/mol. The van der Waals surface area contributed by atoms with Gasteiger partial charge in [-0.2, -0.15) is 0 Å². The number of amides is 4.